The number of hydrogen-bond acceptors (Lipinski definition) is 8. The minimum Gasteiger partial charge on any atom is -0.353 e. The Labute approximate surface area is 230 Å². The molecule has 8 rings (SSSR count). The highest BCUT2D eigenvalue weighted by molar-refractivity contribution is 7.98. The lowest BCUT2D eigenvalue weighted by Gasteiger charge is -2.56. The number of nitriles is 1. The first-order valence-corrected chi connectivity index (χ1v) is 14.2. The molecule has 0 saturated carbocycles. The normalized spacial score (nSPS) is 18.7. The molecule has 39 heavy (non-hydrogen) atoms. The van der Waals surface area contributed by atoms with Gasteiger partial charge in [-0.05, 0) is 42.5 Å². The average Bonchev–Trinajstić information content (AvgIpc) is 3.62. The van der Waals surface area contributed by atoms with Crippen molar-refractivity contribution < 1.29 is 0 Å². The average molecular weight is 534 g/mol. The lowest BCUT2D eigenvalue weighted by molar-refractivity contribution is -0.00877. The Bertz CT molecular complexity index is 1690. The summed E-state index contributed by atoms with van der Waals surface area (Å²) in [5.74, 6) is 0.993. The molecule has 3 aliphatic rings. The number of fused-ring (bicyclic) bond motifs is 3. The summed E-state index contributed by atoms with van der Waals surface area (Å²) in [7, 11) is 1.90. The van der Waals surface area contributed by atoms with Crippen molar-refractivity contribution in [3.8, 4) is 28.3 Å². The van der Waals surface area contributed by atoms with Crippen molar-refractivity contribution >= 4 is 23.1 Å². The van der Waals surface area contributed by atoms with Crippen LogP contribution in [0, 0.1) is 11.3 Å². The number of piperidine rings is 1. The number of rotatable bonds is 6. The van der Waals surface area contributed by atoms with Crippen LogP contribution in [-0.4, -0.2) is 65.7 Å². The number of aryl methyl sites for hydroxylation is 1. The molecule has 3 saturated heterocycles. The number of nitrogens with zero attached hydrogens (tertiary/aromatic N) is 9. The quantitative estimate of drug-likeness (QED) is 0.299. The minimum absolute atomic E-state index is 0.534. The summed E-state index contributed by atoms with van der Waals surface area (Å²) in [4.78, 5) is 14.4. The number of pyridine rings is 3. The SMILES string of the molecule is CSc1ccc(CN2C3CC2CN(c2ccc(-c4cc(-c5cnn(C)c5)cn5ncc(C#N)c45)cn2)C3)cn1. The van der Waals surface area contributed by atoms with Gasteiger partial charge in [-0.3, -0.25) is 9.58 Å². The van der Waals surface area contributed by atoms with Crippen molar-refractivity contribution in [3.05, 3.63) is 78.6 Å². The molecule has 2 bridgehead atoms. The van der Waals surface area contributed by atoms with Gasteiger partial charge in [-0.1, -0.05) is 6.07 Å². The third kappa shape index (κ3) is 4.24. The standard InChI is InChI=1S/C29H27N9S/c1-35-15-23(13-33-35)21-7-26(29-22(9-30)12-34-38(29)16-21)20-4-5-27(31-11-20)36-17-24-8-25(18-36)37(24)14-19-3-6-28(39-2)32-10-19/h3-7,10-13,15-16,24-25H,8,14,17-18H2,1-2H3. The second-order valence-electron chi connectivity index (χ2n) is 10.2. The predicted octanol–water partition coefficient (Wildman–Crippen LogP) is 4.25. The lowest BCUT2D eigenvalue weighted by Crippen LogP contribution is -2.68. The topological polar surface area (TPSA) is 91.2 Å². The summed E-state index contributed by atoms with van der Waals surface area (Å²) >= 11 is 1.67. The first-order valence-electron chi connectivity index (χ1n) is 13.0. The maximum atomic E-state index is 9.72. The molecule has 0 aliphatic carbocycles. The highest BCUT2D eigenvalue weighted by Crippen LogP contribution is 2.37. The number of piperazine rings is 1. The summed E-state index contributed by atoms with van der Waals surface area (Å²) < 4.78 is 3.56. The van der Waals surface area contributed by atoms with Crippen molar-refractivity contribution in [3.63, 3.8) is 0 Å². The molecule has 5 aromatic rings. The molecule has 5 aromatic heterocycles. The lowest BCUT2D eigenvalue weighted by atomic mass is 9.87. The first-order chi connectivity index (χ1) is 19.1. The zero-order valence-corrected chi connectivity index (χ0v) is 22.6. The number of anilines is 1. The summed E-state index contributed by atoms with van der Waals surface area (Å²) in [6, 6.07) is 14.0. The van der Waals surface area contributed by atoms with Gasteiger partial charge in [0, 0.05) is 85.8 Å². The molecule has 2 unspecified atom stereocenters. The van der Waals surface area contributed by atoms with Gasteiger partial charge in [-0.15, -0.1) is 11.8 Å². The summed E-state index contributed by atoms with van der Waals surface area (Å²) in [6.45, 7) is 2.90. The molecule has 0 amide bonds. The van der Waals surface area contributed by atoms with Gasteiger partial charge in [-0.2, -0.15) is 15.5 Å². The largest absolute Gasteiger partial charge is 0.353 e. The van der Waals surface area contributed by atoms with E-state index in [-0.39, 0.29) is 0 Å². The van der Waals surface area contributed by atoms with Crippen LogP contribution in [0.4, 0.5) is 5.82 Å². The van der Waals surface area contributed by atoms with Crippen LogP contribution in [0.2, 0.25) is 0 Å². The fraction of sp³-hybridized carbons (Fsp3) is 0.276. The van der Waals surface area contributed by atoms with E-state index in [1.807, 2.05) is 38.0 Å². The van der Waals surface area contributed by atoms with E-state index >= 15 is 0 Å². The van der Waals surface area contributed by atoms with Crippen LogP contribution in [0.5, 0.6) is 0 Å². The summed E-state index contributed by atoms with van der Waals surface area (Å²) in [6.07, 6.45) is 14.6. The van der Waals surface area contributed by atoms with Crippen LogP contribution in [0.1, 0.15) is 17.5 Å². The third-order valence-electron chi connectivity index (χ3n) is 7.87. The molecule has 9 nitrogen and oxygen atoms in total. The highest BCUT2D eigenvalue weighted by Gasteiger charge is 2.44. The molecule has 0 aromatic carbocycles. The molecule has 194 valence electrons. The van der Waals surface area contributed by atoms with Gasteiger partial charge in [0.2, 0.25) is 0 Å². The van der Waals surface area contributed by atoms with E-state index in [2.05, 4.69) is 67.6 Å². The molecule has 3 fully saturated rings. The molecule has 0 radical (unpaired) electrons. The molecule has 10 heteroatoms. The van der Waals surface area contributed by atoms with Gasteiger partial charge in [0.1, 0.15) is 11.9 Å². The zero-order valence-electron chi connectivity index (χ0n) is 21.8. The predicted molar refractivity (Wildman–Crippen MR) is 151 cm³/mol. The minimum atomic E-state index is 0.534. The zero-order chi connectivity index (χ0) is 26.5. The molecule has 2 atom stereocenters. The second-order valence-corrected chi connectivity index (χ2v) is 11.1. The Morgan fingerprint density at radius 2 is 1.82 bits per heavy atom. The maximum Gasteiger partial charge on any atom is 0.128 e. The Balaban J connectivity index is 1.12. The number of hydrogen-bond donors (Lipinski definition) is 0. The van der Waals surface area contributed by atoms with Gasteiger partial charge >= 0.3 is 0 Å². The molecule has 0 N–H and O–H groups in total. The highest BCUT2D eigenvalue weighted by atomic mass is 32.2. The van der Waals surface area contributed by atoms with E-state index in [4.69, 9.17) is 4.98 Å². The van der Waals surface area contributed by atoms with Crippen LogP contribution in [0.25, 0.3) is 27.8 Å². The Hall–Kier alpha value is -4.20. The fourth-order valence-corrected chi connectivity index (χ4v) is 6.21. The first kappa shape index (κ1) is 23.9. The van der Waals surface area contributed by atoms with Crippen molar-refractivity contribution in [2.24, 2.45) is 7.05 Å². The van der Waals surface area contributed by atoms with Gasteiger partial charge in [0.15, 0.2) is 0 Å². The van der Waals surface area contributed by atoms with Crippen LogP contribution in [-0.2, 0) is 13.6 Å². The van der Waals surface area contributed by atoms with Crippen molar-refractivity contribution in [1.82, 2.24) is 34.3 Å². The summed E-state index contributed by atoms with van der Waals surface area (Å²) in [5.41, 5.74) is 6.46. The molecule has 8 heterocycles. The second kappa shape index (κ2) is 9.52. The van der Waals surface area contributed by atoms with Crippen LogP contribution < -0.4 is 4.90 Å². The van der Waals surface area contributed by atoms with Gasteiger partial charge in [-0.25, -0.2) is 14.5 Å². The fourth-order valence-electron chi connectivity index (χ4n) is 5.85. The monoisotopic (exact) mass is 533 g/mol. The van der Waals surface area contributed by atoms with Crippen molar-refractivity contribution in [2.75, 3.05) is 24.2 Å². The van der Waals surface area contributed by atoms with E-state index in [1.165, 1.54) is 12.0 Å². The Morgan fingerprint density at radius 1 is 0.949 bits per heavy atom. The van der Waals surface area contributed by atoms with Crippen LogP contribution >= 0.6 is 11.8 Å². The Kier molecular flexibility index (Phi) is 5.83. The van der Waals surface area contributed by atoms with Gasteiger partial charge in [0.05, 0.1) is 28.5 Å². The van der Waals surface area contributed by atoms with E-state index in [0.29, 0.717) is 17.6 Å². The maximum absolute atomic E-state index is 9.72. The number of aromatic nitrogens is 6. The molecular formula is C29H27N9S. The van der Waals surface area contributed by atoms with Crippen molar-refractivity contribution in [1.29, 1.82) is 5.26 Å². The van der Waals surface area contributed by atoms with E-state index < -0.39 is 0 Å². The smallest absolute Gasteiger partial charge is 0.128 e. The van der Waals surface area contributed by atoms with E-state index in [1.54, 1.807) is 27.2 Å². The van der Waals surface area contributed by atoms with E-state index in [9.17, 15) is 5.26 Å². The van der Waals surface area contributed by atoms with Gasteiger partial charge < -0.3 is 4.90 Å². The molecular weight excluding hydrogens is 506 g/mol. The molecule has 3 aliphatic heterocycles. The summed E-state index contributed by atoms with van der Waals surface area (Å²) in [5, 5.41) is 19.5. The van der Waals surface area contributed by atoms with Crippen LogP contribution in [0.15, 0.2) is 72.5 Å². The van der Waals surface area contributed by atoms with Crippen LogP contribution in [0.3, 0.4) is 0 Å². The van der Waals surface area contributed by atoms with E-state index in [0.717, 1.165) is 58.2 Å². The molecule has 0 spiro atoms. The Morgan fingerprint density at radius 3 is 2.49 bits per heavy atom. The van der Waals surface area contributed by atoms with Gasteiger partial charge in [0.25, 0.3) is 0 Å². The third-order valence-corrected chi connectivity index (χ3v) is 8.53. The number of thioether (sulfide) groups is 1. The van der Waals surface area contributed by atoms with Crippen molar-refractivity contribution in [2.45, 2.75) is 30.1 Å².